The minimum absolute atomic E-state index is 0.113. The van der Waals surface area contributed by atoms with Crippen LogP contribution in [0.3, 0.4) is 0 Å². The lowest BCUT2D eigenvalue weighted by atomic mass is 10.1. The molecule has 1 amide bonds. The van der Waals surface area contributed by atoms with Gasteiger partial charge in [0, 0.05) is 28.3 Å². The molecule has 7 heteroatoms. The summed E-state index contributed by atoms with van der Waals surface area (Å²) in [5.41, 5.74) is 4.94. The van der Waals surface area contributed by atoms with Crippen molar-refractivity contribution in [2.75, 3.05) is 11.9 Å². The Hall–Kier alpha value is -3.03. The first-order valence-corrected chi connectivity index (χ1v) is 11.0. The van der Waals surface area contributed by atoms with Crippen molar-refractivity contribution in [3.05, 3.63) is 70.5 Å². The highest BCUT2D eigenvalue weighted by Gasteiger charge is 2.15. The van der Waals surface area contributed by atoms with E-state index in [1.165, 1.54) is 16.9 Å². The van der Waals surface area contributed by atoms with Gasteiger partial charge in [-0.2, -0.15) is 0 Å². The van der Waals surface area contributed by atoms with Crippen molar-refractivity contribution in [3.8, 4) is 27.6 Å². The minimum Gasteiger partial charge on any atom is -0.493 e. The molecule has 0 saturated heterocycles. The molecule has 1 aliphatic rings. The van der Waals surface area contributed by atoms with Gasteiger partial charge in [-0.25, -0.2) is 9.97 Å². The van der Waals surface area contributed by atoms with Gasteiger partial charge in [-0.1, -0.05) is 30.3 Å². The number of ether oxygens (including phenoxy) is 1. The Morgan fingerprint density at radius 2 is 1.93 bits per heavy atom. The Bertz CT molecular complexity index is 1170. The van der Waals surface area contributed by atoms with E-state index in [0.29, 0.717) is 5.13 Å². The van der Waals surface area contributed by atoms with Gasteiger partial charge in [-0.05, 0) is 23.8 Å². The first-order valence-electron chi connectivity index (χ1n) is 9.26. The number of thiazole rings is 2. The molecule has 1 aliphatic heterocycles. The quantitative estimate of drug-likeness (QED) is 0.492. The van der Waals surface area contributed by atoms with Crippen molar-refractivity contribution in [1.82, 2.24) is 9.97 Å². The largest absolute Gasteiger partial charge is 0.493 e. The molecule has 3 heterocycles. The summed E-state index contributed by atoms with van der Waals surface area (Å²) < 4.78 is 5.55. The molecule has 0 unspecified atom stereocenters. The number of carbonyl (C=O) groups is 1. The third kappa shape index (κ3) is 3.92. The van der Waals surface area contributed by atoms with Crippen LogP contribution in [-0.4, -0.2) is 22.5 Å². The highest BCUT2D eigenvalue weighted by molar-refractivity contribution is 7.14. The number of fused-ring (bicyclic) bond motifs is 1. The molecule has 29 heavy (non-hydrogen) atoms. The van der Waals surface area contributed by atoms with Crippen LogP contribution in [0.1, 0.15) is 11.3 Å². The number of aromatic nitrogens is 2. The molecule has 2 aromatic carbocycles. The second-order valence-electron chi connectivity index (χ2n) is 6.69. The predicted octanol–water partition coefficient (Wildman–Crippen LogP) is 5.05. The van der Waals surface area contributed by atoms with Gasteiger partial charge in [0.25, 0.3) is 0 Å². The van der Waals surface area contributed by atoms with Crippen LogP contribution >= 0.6 is 22.7 Å². The molecular formula is C22H17N3O2S2. The number of hydrogen-bond acceptors (Lipinski definition) is 6. The summed E-state index contributed by atoms with van der Waals surface area (Å²) in [7, 11) is 0. The standard InChI is InChI=1S/C22H17N3O2S2/c26-20(11-17-12-28-21(23-17)14-4-2-1-3-5-14)25-22-24-18(13-29-22)15-6-7-19-16(10-15)8-9-27-19/h1-7,10,12-13H,8-9,11H2,(H,24,25,26). The van der Waals surface area contributed by atoms with Crippen LogP contribution in [0.15, 0.2) is 59.3 Å². The third-order valence-electron chi connectivity index (χ3n) is 4.65. The summed E-state index contributed by atoms with van der Waals surface area (Å²) in [6.07, 6.45) is 1.16. The first kappa shape index (κ1) is 18.0. The van der Waals surface area contributed by atoms with Crippen molar-refractivity contribution in [2.24, 2.45) is 0 Å². The van der Waals surface area contributed by atoms with Gasteiger partial charge >= 0.3 is 0 Å². The van der Waals surface area contributed by atoms with Crippen molar-refractivity contribution in [3.63, 3.8) is 0 Å². The topological polar surface area (TPSA) is 64.1 Å². The highest BCUT2D eigenvalue weighted by atomic mass is 32.1. The fourth-order valence-electron chi connectivity index (χ4n) is 3.24. The third-order valence-corrected chi connectivity index (χ3v) is 6.35. The smallest absolute Gasteiger partial charge is 0.232 e. The van der Waals surface area contributed by atoms with Crippen LogP contribution in [0.4, 0.5) is 5.13 Å². The van der Waals surface area contributed by atoms with Crippen LogP contribution in [0.2, 0.25) is 0 Å². The number of rotatable bonds is 5. The highest BCUT2D eigenvalue weighted by Crippen LogP contribution is 2.32. The van der Waals surface area contributed by atoms with E-state index >= 15 is 0 Å². The number of benzene rings is 2. The average molecular weight is 420 g/mol. The Balaban J connectivity index is 1.24. The van der Waals surface area contributed by atoms with Gasteiger partial charge < -0.3 is 10.1 Å². The lowest BCUT2D eigenvalue weighted by Crippen LogP contribution is -2.14. The van der Waals surface area contributed by atoms with Gasteiger partial charge in [-0.3, -0.25) is 4.79 Å². The van der Waals surface area contributed by atoms with Crippen molar-refractivity contribution < 1.29 is 9.53 Å². The predicted molar refractivity (Wildman–Crippen MR) is 117 cm³/mol. The SMILES string of the molecule is O=C(Cc1csc(-c2ccccc2)n1)Nc1nc(-c2ccc3c(c2)CCO3)cs1. The fraction of sp³-hybridized carbons (Fsp3) is 0.136. The number of nitrogens with one attached hydrogen (secondary N) is 1. The lowest BCUT2D eigenvalue weighted by Gasteiger charge is -2.02. The van der Waals surface area contributed by atoms with Crippen molar-refractivity contribution in [2.45, 2.75) is 12.8 Å². The molecule has 5 nitrogen and oxygen atoms in total. The minimum atomic E-state index is -0.113. The summed E-state index contributed by atoms with van der Waals surface area (Å²) in [5.74, 6) is 0.841. The first-order chi connectivity index (χ1) is 14.2. The van der Waals surface area contributed by atoms with E-state index in [2.05, 4.69) is 21.4 Å². The zero-order valence-electron chi connectivity index (χ0n) is 15.4. The summed E-state index contributed by atoms with van der Waals surface area (Å²) in [6.45, 7) is 0.736. The number of hydrogen-bond donors (Lipinski definition) is 1. The molecule has 0 spiro atoms. The second kappa shape index (κ2) is 7.77. The van der Waals surface area contributed by atoms with Gasteiger partial charge in [0.2, 0.25) is 5.91 Å². The number of amides is 1. The van der Waals surface area contributed by atoms with E-state index in [-0.39, 0.29) is 12.3 Å². The van der Waals surface area contributed by atoms with Gasteiger partial charge in [0.05, 0.1) is 24.4 Å². The Morgan fingerprint density at radius 3 is 2.83 bits per heavy atom. The normalized spacial score (nSPS) is 12.4. The molecule has 0 bridgehead atoms. The second-order valence-corrected chi connectivity index (χ2v) is 8.41. The fourth-order valence-corrected chi connectivity index (χ4v) is 4.80. The average Bonchev–Trinajstić information content (AvgIpc) is 3.49. The van der Waals surface area contributed by atoms with Crippen LogP contribution < -0.4 is 10.1 Å². The van der Waals surface area contributed by atoms with E-state index in [9.17, 15) is 4.79 Å². The van der Waals surface area contributed by atoms with E-state index in [4.69, 9.17) is 4.74 Å². The van der Waals surface area contributed by atoms with E-state index in [1.807, 2.05) is 53.2 Å². The van der Waals surface area contributed by atoms with Gasteiger partial charge in [0.15, 0.2) is 5.13 Å². The molecule has 4 aromatic rings. The van der Waals surface area contributed by atoms with E-state index in [1.54, 1.807) is 11.3 Å². The Labute approximate surface area is 176 Å². The van der Waals surface area contributed by atoms with Gasteiger partial charge in [-0.15, -0.1) is 22.7 Å². The van der Waals surface area contributed by atoms with Crippen molar-refractivity contribution in [1.29, 1.82) is 0 Å². The number of carbonyl (C=O) groups excluding carboxylic acids is 1. The van der Waals surface area contributed by atoms with Crippen LogP contribution in [0, 0.1) is 0 Å². The van der Waals surface area contributed by atoms with Gasteiger partial charge in [0.1, 0.15) is 10.8 Å². The summed E-state index contributed by atoms with van der Waals surface area (Å²) in [6, 6.07) is 16.1. The van der Waals surface area contributed by atoms with Crippen LogP contribution in [0.5, 0.6) is 5.75 Å². The maximum Gasteiger partial charge on any atom is 0.232 e. The number of anilines is 1. The zero-order valence-corrected chi connectivity index (χ0v) is 17.1. The molecule has 0 atom stereocenters. The molecule has 5 rings (SSSR count). The molecule has 0 radical (unpaired) electrons. The van der Waals surface area contributed by atoms with Crippen LogP contribution in [0.25, 0.3) is 21.8 Å². The Kier molecular flexibility index (Phi) is 4.83. The molecule has 0 fully saturated rings. The molecule has 1 N–H and O–H groups in total. The monoisotopic (exact) mass is 419 g/mol. The van der Waals surface area contributed by atoms with Crippen molar-refractivity contribution >= 4 is 33.7 Å². The molecule has 144 valence electrons. The molecule has 0 saturated carbocycles. The lowest BCUT2D eigenvalue weighted by molar-refractivity contribution is -0.115. The Morgan fingerprint density at radius 1 is 1.03 bits per heavy atom. The summed E-state index contributed by atoms with van der Waals surface area (Å²) >= 11 is 2.97. The maximum atomic E-state index is 12.4. The molecule has 2 aromatic heterocycles. The molecular weight excluding hydrogens is 402 g/mol. The molecule has 0 aliphatic carbocycles. The van der Waals surface area contributed by atoms with E-state index in [0.717, 1.165) is 46.3 Å². The van der Waals surface area contributed by atoms with E-state index < -0.39 is 0 Å². The van der Waals surface area contributed by atoms with Crippen LogP contribution in [-0.2, 0) is 17.6 Å². The zero-order chi connectivity index (χ0) is 19.6. The maximum absolute atomic E-state index is 12.4. The summed E-state index contributed by atoms with van der Waals surface area (Å²) in [5, 5.41) is 8.30. The number of nitrogens with zero attached hydrogens (tertiary/aromatic N) is 2. The summed E-state index contributed by atoms with van der Waals surface area (Å²) in [4.78, 5) is 21.6.